The number of hydrogen-bond acceptors (Lipinski definition) is 4. The highest BCUT2D eigenvalue weighted by atomic mass is 32.1. The molecule has 0 aliphatic heterocycles. The maximum absolute atomic E-state index is 11.3. The molecular weight excluding hydrogens is 212 g/mol. The molecule has 0 aliphatic carbocycles. The summed E-state index contributed by atoms with van der Waals surface area (Å²) in [5, 5.41) is 8.74. The molecule has 0 fully saturated rings. The van der Waals surface area contributed by atoms with E-state index in [9.17, 15) is 4.79 Å². The van der Waals surface area contributed by atoms with Crippen molar-refractivity contribution in [3.63, 3.8) is 0 Å². The fraction of sp³-hybridized carbons (Fsp3) is 0.111. The van der Waals surface area contributed by atoms with Gasteiger partial charge >= 0.3 is 0 Å². The molecule has 0 bridgehead atoms. The highest BCUT2D eigenvalue weighted by molar-refractivity contribution is 7.13. The Morgan fingerprint density at radius 1 is 1.67 bits per heavy atom. The second-order valence-electron chi connectivity index (χ2n) is 3.02. The number of thiophene rings is 1. The second-order valence-corrected chi connectivity index (χ2v) is 3.97. The number of hydrazine groups is 1. The SMILES string of the molecule is Cc1c(C(=O)NN)n[nH]c1-c1cccs1. The predicted octanol–water partition coefficient (Wildman–Crippen LogP) is 1.05. The van der Waals surface area contributed by atoms with E-state index in [1.165, 1.54) is 0 Å². The van der Waals surface area contributed by atoms with Crippen LogP contribution in [0, 0.1) is 6.92 Å². The van der Waals surface area contributed by atoms with E-state index in [1.54, 1.807) is 11.3 Å². The van der Waals surface area contributed by atoms with Gasteiger partial charge in [-0.2, -0.15) is 5.10 Å². The first-order chi connectivity index (χ1) is 7.24. The van der Waals surface area contributed by atoms with Crippen molar-refractivity contribution in [3.8, 4) is 10.6 Å². The molecule has 2 heterocycles. The number of rotatable bonds is 2. The van der Waals surface area contributed by atoms with Crippen LogP contribution in [0.25, 0.3) is 10.6 Å². The van der Waals surface area contributed by atoms with Crippen molar-refractivity contribution in [2.45, 2.75) is 6.92 Å². The first-order valence-corrected chi connectivity index (χ1v) is 5.21. The van der Waals surface area contributed by atoms with Crippen LogP contribution in [0.5, 0.6) is 0 Å². The van der Waals surface area contributed by atoms with Gasteiger partial charge in [0.05, 0.1) is 10.6 Å². The van der Waals surface area contributed by atoms with E-state index in [1.807, 2.05) is 24.4 Å². The number of amides is 1. The lowest BCUT2D eigenvalue weighted by atomic mass is 10.2. The number of aromatic amines is 1. The minimum atomic E-state index is -0.383. The van der Waals surface area contributed by atoms with Crippen LogP contribution in [0.3, 0.4) is 0 Å². The Morgan fingerprint density at radius 2 is 2.47 bits per heavy atom. The Kier molecular flexibility index (Phi) is 2.53. The van der Waals surface area contributed by atoms with E-state index in [0.29, 0.717) is 5.69 Å². The Balaban J connectivity index is 2.45. The Bertz CT molecular complexity index is 474. The van der Waals surface area contributed by atoms with Crippen molar-refractivity contribution in [1.29, 1.82) is 0 Å². The summed E-state index contributed by atoms with van der Waals surface area (Å²) in [7, 11) is 0. The van der Waals surface area contributed by atoms with Crippen LogP contribution in [0.1, 0.15) is 16.1 Å². The largest absolute Gasteiger partial charge is 0.289 e. The first kappa shape index (κ1) is 9.88. The van der Waals surface area contributed by atoms with Gasteiger partial charge in [-0.15, -0.1) is 11.3 Å². The van der Waals surface area contributed by atoms with Gasteiger partial charge in [0.25, 0.3) is 5.91 Å². The van der Waals surface area contributed by atoms with E-state index in [-0.39, 0.29) is 5.91 Å². The summed E-state index contributed by atoms with van der Waals surface area (Å²) in [4.78, 5) is 12.4. The molecule has 0 atom stereocenters. The van der Waals surface area contributed by atoms with E-state index < -0.39 is 0 Å². The Labute approximate surface area is 90.3 Å². The number of carbonyl (C=O) groups excluding carboxylic acids is 1. The van der Waals surface area contributed by atoms with Crippen molar-refractivity contribution in [3.05, 3.63) is 28.8 Å². The maximum atomic E-state index is 11.3. The predicted molar refractivity (Wildman–Crippen MR) is 58.3 cm³/mol. The molecule has 6 heteroatoms. The van der Waals surface area contributed by atoms with Gasteiger partial charge in [0.1, 0.15) is 0 Å². The topological polar surface area (TPSA) is 83.8 Å². The first-order valence-electron chi connectivity index (χ1n) is 4.34. The number of hydrogen-bond donors (Lipinski definition) is 3. The number of aromatic nitrogens is 2. The van der Waals surface area contributed by atoms with Gasteiger partial charge in [-0.05, 0) is 18.4 Å². The highest BCUT2D eigenvalue weighted by Crippen LogP contribution is 2.26. The Morgan fingerprint density at radius 3 is 3.07 bits per heavy atom. The molecule has 5 nitrogen and oxygen atoms in total. The molecule has 0 spiro atoms. The van der Waals surface area contributed by atoms with Crippen molar-refractivity contribution in [2.75, 3.05) is 0 Å². The fourth-order valence-corrected chi connectivity index (χ4v) is 2.13. The highest BCUT2D eigenvalue weighted by Gasteiger charge is 2.16. The summed E-state index contributed by atoms with van der Waals surface area (Å²) >= 11 is 1.59. The lowest BCUT2D eigenvalue weighted by Crippen LogP contribution is -2.30. The van der Waals surface area contributed by atoms with Crippen LogP contribution >= 0.6 is 11.3 Å². The summed E-state index contributed by atoms with van der Waals surface area (Å²) in [6.07, 6.45) is 0. The number of nitrogens with one attached hydrogen (secondary N) is 2. The molecule has 78 valence electrons. The lowest BCUT2D eigenvalue weighted by molar-refractivity contribution is 0.0948. The van der Waals surface area contributed by atoms with Gasteiger partial charge < -0.3 is 0 Å². The molecule has 0 saturated heterocycles. The van der Waals surface area contributed by atoms with Gasteiger partial charge in [-0.25, -0.2) is 5.84 Å². The van der Waals surface area contributed by atoms with E-state index in [0.717, 1.165) is 16.1 Å². The quantitative estimate of drug-likeness (QED) is 0.403. The van der Waals surface area contributed by atoms with Gasteiger partial charge in [0.2, 0.25) is 0 Å². The zero-order valence-electron chi connectivity index (χ0n) is 8.07. The smallest absolute Gasteiger partial charge is 0.285 e. The van der Waals surface area contributed by atoms with Crippen LogP contribution in [-0.2, 0) is 0 Å². The van der Waals surface area contributed by atoms with Crippen molar-refractivity contribution in [1.82, 2.24) is 15.6 Å². The third-order valence-corrected chi connectivity index (χ3v) is 3.01. The zero-order chi connectivity index (χ0) is 10.8. The minimum Gasteiger partial charge on any atom is -0.289 e. The molecule has 0 aromatic carbocycles. The monoisotopic (exact) mass is 222 g/mol. The molecule has 2 aromatic rings. The number of nitrogen functional groups attached to an aromatic ring is 1. The van der Waals surface area contributed by atoms with Crippen LogP contribution in [0.2, 0.25) is 0 Å². The summed E-state index contributed by atoms with van der Waals surface area (Å²) in [5.74, 6) is 4.67. The normalized spacial score (nSPS) is 10.3. The summed E-state index contributed by atoms with van der Waals surface area (Å²) in [6, 6.07) is 3.91. The third kappa shape index (κ3) is 1.64. The lowest BCUT2D eigenvalue weighted by Gasteiger charge is -1.96. The molecule has 4 N–H and O–H groups in total. The van der Waals surface area contributed by atoms with E-state index in [4.69, 9.17) is 5.84 Å². The second kappa shape index (κ2) is 3.84. The minimum absolute atomic E-state index is 0.334. The van der Waals surface area contributed by atoms with E-state index >= 15 is 0 Å². The van der Waals surface area contributed by atoms with Gasteiger partial charge in [-0.1, -0.05) is 6.07 Å². The van der Waals surface area contributed by atoms with Crippen molar-refractivity contribution >= 4 is 17.2 Å². The molecule has 2 aromatic heterocycles. The number of nitrogens with zero attached hydrogens (tertiary/aromatic N) is 1. The van der Waals surface area contributed by atoms with Crippen LogP contribution < -0.4 is 11.3 Å². The van der Waals surface area contributed by atoms with Crippen molar-refractivity contribution < 1.29 is 4.79 Å². The van der Waals surface area contributed by atoms with Gasteiger partial charge in [-0.3, -0.25) is 15.3 Å². The molecule has 15 heavy (non-hydrogen) atoms. The molecule has 0 aliphatic rings. The Hall–Kier alpha value is -1.66. The molecule has 0 radical (unpaired) electrons. The van der Waals surface area contributed by atoms with Gasteiger partial charge in [0, 0.05) is 5.56 Å². The summed E-state index contributed by atoms with van der Waals surface area (Å²) in [6.45, 7) is 1.84. The van der Waals surface area contributed by atoms with Crippen LogP contribution in [-0.4, -0.2) is 16.1 Å². The third-order valence-electron chi connectivity index (χ3n) is 2.12. The van der Waals surface area contributed by atoms with E-state index in [2.05, 4.69) is 15.6 Å². The fourth-order valence-electron chi connectivity index (χ4n) is 1.35. The number of H-pyrrole nitrogens is 1. The number of nitrogens with two attached hydrogens (primary N) is 1. The molecule has 2 rings (SSSR count). The molecule has 0 unspecified atom stereocenters. The molecular formula is C9H10N4OS. The molecule has 0 saturated carbocycles. The summed E-state index contributed by atoms with van der Waals surface area (Å²) < 4.78 is 0. The van der Waals surface area contributed by atoms with Gasteiger partial charge in [0.15, 0.2) is 5.69 Å². The average Bonchev–Trinajstić information content (AvgIpc) is 2.85. The van der Waals surface area contributed by atoms with Crippen molar-refractivity contribution in [2.24, 2.45) is 5.84 Å². The maximum Gasteiger partial charge on any atom is 0.285 e. The summed E-state index contributed by atoms with van der Waals surface area (Å²) in [5.41, 5.74) is 4.07. The van der Waals surface area contributed by atoms with Crippen LogP contribution in [0.4, 0.5) is 0 Å². The van der Waals surface area contributed by atoms with Crippen LogP contribution in [0.15, 0.2) is 17.5 Å². The molecule has 1 amide bonds. The average molecular weight is 222 g/mol. The number of carbonyl (C=O) groups is 1. The zero-order valence-corrected chi connectivity index (χ0v) is 8.89. The standard InChI is InChI=1S/C9H10N4OS/c1-5-7(6-3-2-4-15-6)12-13-8(5)9(14)11-10/h2-4H,10H2,1H3,(H,11,14)(H,12,13).